The fourth-order valence-corrected chi connectivity index (χ4v) is 1.70. The summed E-state index contributed by atoms with van der Waals surface area (Å²) in [5.74, 6) is 0. The lowest BCUT2D eigenvalue weighted by Crippen LogP contribution is -2.38. The quantitative estimate of drug-likeness (QED) is 0.764. The number of rotatable bonds is 3. The van der Waals surface area contributed by atoms with E-state index >= 15 is 0 Å². The van der Waals surface area contributed by atoms with Crippen molar-refractivity contribution in [2.24, 2.45) is 0 Å². The van der Waals surface area contributed by atoms with Gasteiger partial charge in [0.05, 0.1) is 6.10 Å². The minimum atomic E-state index is -0.0972. The monoisotopic (exact) mass is 192 g/mol. The Morgan fingerprint density at radius 2 is 2.36 bits per heavy atom. The van der Waals surface area contributed by atoms with E-state index in [-0.39, 0.29) is 6.10 Å². The maximum Gasteiger partial charge on any atom is 0.0579 e. The van der Waals surface area contributed by atoms with Gasteiger partial charge in [-0.15, -0.1) is 0 Å². The molecule has 1 aromatic rings. The lowest BCUT2D eigenvalue weighted by Gasteiger charge is -2.32. The molecule has 0 spiro atoms. The highest BCUT2D eigenvalue weighted by Crippen LogP contribution is 2.23. The summed E-state index contributed by atoms with van der Waals surface area (Å²) in [4.78, 5) is 4.23. The maximum absolute atomic E-state index is 9.14. The van der Waals surface area contributed by atoms with E-state index in [2.05, 4.69) is 23.3 Å². The van der Waals surface area contributed by atoms with E-state index in [4.69, 9.17) is 5.11 Å². The summed E-state index contributed by atoms with van der Waals surface area (Å²) < 4.78 is 0. The van der Waals surface area contributed by atoms with Crippen molar-refractivity contribution in [1.29, 1.82) is 0 Å². The van der Waals surface area contributed by atoms with Crippen LogP contribution in [0.15, 0.2) is 18.3 Å². The Morgan fingerprint density at radius 1 is 1.57 bits per heavy atom. The number of pyridine rings is 1. The fourth-order valence-electron chi connectivity index (χ4n) is 1.70. The van der Waals surface area contributed by atoms with Crippen LogP contribution < -0.4 is 5.32 Å². The molecule has 3 heteroatoms. The van der Waals surface area contributed by atoms with Gasteiger partial charge < -0.3 is 10.4 Å². The fraction of sp³-hybridized carbons (Fsp3) is 0.545. The number of hydrogen-bond acceptors (Lipinski definition) is 3. The lowest BCUT2D eigenvalue weighted by atomic mass is 9.89. The summed E-state index contributed by atoms with van der Waals surface area (Å²) in [6.07, 6.45) is 4.42. The summed E-state index contributed by atoms with van der Waals surface area (Å²) in [5.41, 5.74) is 2.23. The SMILES string of the molecule is CCc1cc(NC2CC(O)C2)ccn1. The maximum atomic E-state index is 9.14. The van der Waals surface area contributed by atoms with Crippen LogP contribution >= 0.6 is 0 Å². The molecule has 1 aliphatic carbocycles. The molecule has 0 saturated heterocycles. The van der Waals surface area contributed by atoms with Crippen LogP contribution in [0, 0.1) is 0 Å². The van der Waals surface area contributed by atoms with Crippen molar-refractivity contribution in [3.05, 3.63) is 24.0 Å². The Kier molecular flexibility index (Phi) is 2.68. The first-order valence-corrected chi connectivity index (χ1v) is 5.17. The first kappa shape index (κ1) is 9.46. The van der Waals surface area contributed by atoms with Gasteiger partial charge in [-0.2, -0.15) is 0 Å². The van der Waals surface area contributed by atoms with Crippen molar-refractivity contribution in [2.45, 2.75) is 38.3 Å². The van der Waals surface area contributed by atoms with E-state index in [9.17, 15) is 0 Å². The van der Waals surface area contributed by atoms with E-state index in [1.165, 1.54) is 0 Å². The predicted octanol–water partition coefficient (Wildman–Crippen LogP) is 1.58. The molecule has 1 fully saturated rings. The Balaban J connectivity index is 1.95. The average Bonchev–Trinajstić information content (AvgIpc) is 2.16. The van der Waals surface area contributed by atoms with Crippen molar-refractivity contribution in [3.63, 3.8) is 0 Å². The van der Waals surface area contributed by atoms with Gasteiger partial charge in [0.2, 0.25) is 0 Å². The van der Waals surface area contributed by atoms with Crippen LogP contribution in [0.3, 0.4) is 0 Å². The van der Waals surface area contributed by atoms with Gasteiger partial charge in [0.15, 0.2) is 0 Å². The van der Waals surface area contributed by atoms with Gasteiger partial charge in [0.25, 0.3) is 0 Å². The lowest BCUT2D eigenvalue weighted by molar-refractivity contribution is 0.0836. The van der Waals surface area contributed by atoms with Gasteiger partial charge in [-0.05, 0) is 31.4 Å². The van der Waals surface area contributed by atoms with Crippen LogP contribution in [0.1, 0.15) is 25.5 Å². The van der Waals surface area contributed by atoms with Crippen LogP contribution in [-0.2, 0) is 6.42 Å². The van der Waals surface area contributed by atoms with Gasteiger partial charge in [-0.3, -0.25) is 4.98 Å². The molecule has 2 N–H and O–H groups in total. The molecular weight excluding hydrogens is 176 g/mol. The smallest absolute Gasteiger partial charge is 0.0579 e. The Morgan fingerprint density at radius 3 is 3.00 bits per heavy atom. The summed E-state index contributed by atoms with van der Waals surface area (Å²) in [6, 6.07) is 4.49. The number of aromatic nitrogens is 1. The minimum Gasteiger partial charge on any atom is -0.393 e. The minimum absolute atomic E-state index is 0.0972. The third-order valence-electron chi connectivity index (χ3n) is 2.66. The molecular formula is C11H16N2O. The topological polar surface area (TPSA) is 45.1 Å². The normalized spacial score (nSPS) is 25.6. The molecule has 1 aliphatic rings. The summed E-state index contributed by atoms with van der Waals surface area (Å²) in [5, 5.41) is 12.5. The van der Waals surface area contributed by atoms with E-state index < -0.39 is 0 Å². The van der Waals surface area contributed by atoms with Crippen molar-refractivity contribution in [3.8, 4) is 0 Å². The predicted molar refractivity (Wildman–Crippen MR) is 56.3 cm³/mol. The molecule has 1 heterocycles. The van der Waals surface area contributed by atoms with Crippen molar-refractivity contribution in [1.82, 2.24) is 4.98 Å². The van der Waals surface area contributed by atoms with Crippen LogP contribution in [0.5, 0.6) is 0 Å². The largest absolute Gasteiger partial charge is 0.393 e. The third-order valence-corrected chi connectivity index (χ3v) is 2.66. The molecule has 0 radical (unpaired) electrons. The number of aliphatic hydroxyl groups excluding tert-OH is 1. The molecule has 76 valence electrons. The van der Waals surface area contributed by atoms with Gasteiger partial charge >= 0.3 is 0 Å². The highest BCUT2D eigenvalue weighted by molar-refractivity contribution is 5.44. The second-order valence-corrected chi connectivity index (χ2v) is 3.86. The Hall–Kier alpha value is -1.09. The molecule has 3 nitrogen and oxygen atoms in total. The van der Waals surface area contributed by atoms with Gasteiger partial charge in [-0.25, -0.2) is 0 Å². The summed E-state index contributed by atoms with van der Waals surface area (Å²) >= 11 is 0. The van der Waals surface area contributed by atoms with E-state index in [0.29, 0.717) is 6.04 Å². The zero-order chi connectivity index (χ0) is 9.97. The number of hydrogen-bond donors (Lipinski definition) is 2. The summed E-state index contributed by atoms with van der Waals surface area (Å²) in [7, 11) is 0. The zero-order valence-electron chi connectivity index (χ0n) is 8.40. The molecule has 1 aromatic heterocycles. The zero-order valence-corrected chi connectivity index (χ0v) is 8.40. The van der Waals surface area contributed by atoms with Crippen LogP contribution in [0.4, 0.5) is 5.69 Å². The first-order valence-electron chi connectivity index (χ1n) is 5.17. The molecule has 0 bridgehead atoms. The van der Waals surface area contributed by atoms with Gasteiger partial charge in [0, 0.05) is 23.6 Å². The molecule has 1 saturated carbocycles. The highest BCUT2D eigenvalue weighted by Gasteiger charge is 2.26. The molecule has 0 unspecified atom stereocenters. The molecule has 2 rings (SSSR count). The average molecular weight is 192 g/mol. The number of aliphatic hydroxyl groups is 1. The first-order chi connectivity index (χ1) is 6.78. The molecule has 0 aliphatic heterocycles. The van der Waals surface area contributed by atoms with Gasteiger partial charge in [0.1, 0.15) is 0 Å². The van der Waals surface area contributed by atoms with E-state index in [1.807, 2.05) is 12.3 Å². The Labute approximate surface area is 84.2 Å². The standard InChI is InChI=1S/C11H16N2O/c1-2-8-5-9(3-4-12-8)13-10-6-11(14)7-10/h3-5,10-11,14H,2,6-7H2,1H3,(H,12,13). The number of aryl methyl sites for hydroxylation is 1. The van der Waals surface area contributed by atoms with Crippen LogP contribution in [0.2, 0.25) is 0 Å². The molecule has 0 amide bonds. The van der Waals surface area contributed by atoms with Crippen molar-refractivity contribution >= 4 is 5.69 Å². The van der Waals surface area contributed by atoms with Gasteiger partial charge in [-0.1, -0.05) is 6.92 Å². The Bertz CT molecular complexity index is 308. The third kappa shape index (κ3) is 2.04. The second kappa shape index (κ2) is 3.96. The van der Waals surface area contributed by atoms with Crippen LogP contribution in [-0.4, -0.2) is 22.2 Å². The highest BCUT2D eigenvalue weighted by atomic mass is 16.3. The number of nitrogens with zero attached hydrogens (tertiary/aromatic N) is 1. The molecule has 0 aromatic carbocycles. The summed E-state index contributed by atoms with van der Waals surface area (Å²) in [6.45, 7) is 2.10. The number of anilines is 1. The van der Waals surface area contributed by atoms with Crippen molar-refractivity contribution < 1.29 is 5.11 Å². The number of nitrogens with one attached hydrogen (secondary N) is 1. The molecule has 14 heavy (non-hydrogen) atoms. The van der Waals surface area contributed by atoms with E-state index in [0.717, 1.165) is 30.6 Å². The second-order valence-electron chi connectivity index (χ2n) is 3.86. The van der Waals surface area contributed by atoms with Crippen molar-refractivity contribution in [2.75, 3.05) is 5.32 Å². The van der Waals surface area contributed by atoms with Crippen LogP contribution in [0.25, 0.3) is 0 Å². The molecule has 0 atom stereocenters. The van der Waals surface area contributed by atoms with E-state index in [1.54, 1.807) is 0 Å².